The van der Waals surface area contributed by atoms with Gasteiger partial charge in [-0.05, 0) is 49.7 Å². The molecule has 0 spiro atoms. The number of anilines is 1. The predicted octanol–water partition coefficient (Wildman–Crippen LogP) is 4.19. The van der Waals surface area contributed by atoms with E-state index < -0.39 is 0 Å². The van der Waals surface area contributed by atoms with Crippen molar-refractivity contribution in [2.24, 2.45) is 0 Å². The van der Waals surface area contributed by atoms with Gasteiger partial charge >= 0.3 is 0 Å². The molecular weight excluding hydrogens is 334 g/mol. The number of ketones is 1. The molecule has 1 heterocycles. The van der Waals surface area contributed by atoms with Crippen LogP contribution in [0, 0.1) is 0 Å². The Bertz CT molecular complexity index is 773. The first-order valence-corrected chi connectivity index (χ1v) is 9.22. The number of para-hydroxylation sites is 1. The van der Waals surface area contributed by atoms with Gasteiger partial charge in [0.05, 0.1) is 5.69 Å². The van der Waals surface area contributed by atoms with Gasteiger partial charge in [0.15, 0.2) is 12.4 Å². The number of amides is 1. The highest BCUT2D eigenvalue weighted by atomic mass is 32.2. The van der Waals surface area contributed by atoms with Crippen molar-refractivity contribution in [1.29, 1.82) is 0 Å². The van der Waals surface area contributed by atoms with E-state index in [2.05, 4.69) is 13.0 Å². The largest absolute Gasteiger partial charge is 0.484 e. The number of hydrogen-bond donors (Lipinski definition) is 0. The Morgan fingerprint density at radius 2 is 1.88 bits per heavy atom. The lowest BCUT2D eigenvalue weighted by molar-refractivity contribution is -0.120. The quantitative estimate of drug-likeness (QED) is 0.772. The molecule has 1 unspecified atom stereocenters. The molecule has 1 aliphatic rings. The Hall–Kier alpha value is -2.27. The average molecular weight is 355 g/mol. The number of carbonyl (C=O) groups is 2. The summed E-state index contributed by atoms with van der Waals surface area (Å²) in [5.41, 5.74) is 1.59. The lowest BCUT2D eigenvalue weighted by atomic mass is 10.1. The van der Waals surface area contributed by atoms with Gasteiger partial charge in [-0.1, -0.05) is 19.1 Å². The monoisotopic (exact) mass is 355 g/mol. The normalized spacial score (nSPS) is 16.7. The fourth-order valence-corrected chi connectivity index (χ4v) is 3.87. The van der Waals surface area contributed by atoms with E-state index in [0.29, 0.717) is 23.1 Å². The van der Waals surface area contributed by atoms with Crippen molar-refractivity contribution in [2.75, 3.05) is 18.1 Å². The molecule has 0 radical (unpaired) electrons. The fourth-order valence-electron chi connectivity index (χ4n) is 2.75. The molecule has 2 aromatic rings. The highest BCUT2D eigenvalue weighted by molar-refractivity contribution is 8.00. The van der Waals surface area contributed by atoms with Crippen molar-refractivity contribution in [3.05, 3.63) is 54.1 Å². The van der Waals surface area contributed by atoms with Gasteiger partial charge in [0.25, 0.3) is 5.91 Å². The van der Waals surface area contributed by atoms with E-state index >= 15 is 0 Å². The van der Waals surface area contributed by atoms with Crippen LogP contribution in [0.2, 0.25) is 0 Å². The number of nitrogens with zero attached hydrogens (tertiary/aromatic N) is 1. The molecule has 0 aromatic heterocycles. The predicted molar refractivity (Wildman–Crippen MR) is 101 cm³/mol. The Balaban J connectivity index is 1.69. The summed E-state index contributed by atoms with van der Waals surface area (Å²) >= 11 is 1.81. The molecule has 0 bridgehead atoms. The van der Waals surface area contributed by atoms with Gasteiger partial charge in [0, 0.05) is 22.3 Å². The lowest BCUT2D eigenvalue weighted by Crippen LogP contribution is -2.36. The first-order chi connectivity index (χ1) is 12.0. The maximum absolute atomic E-state index is 12.7. The molecule has 4 nitrogen and oxygen atoms in total. The van der Waals surface area contributed by atoms with Crippen molar-refractivity contribution in [3.8, 4) is 5.75 Å². The van der Waals surface area contributed by atoms with Gasteiger partial charge in [-0.25, -0.2) is 0 Å². The maximum Gasteiger partial charge on any atom is 0.264 e. The number of hydrogen-bond acceptors (Lipinski definition) is 4. The molecule has 130 valence electrons. The van der Waals surface area contributed by atoms with Gasteiger partial charge in [-0.2, -0.15) is 0 Å². The van der Waals surface area contributed by atoms with Crippen LogP contribution >= 0.6 is 11.8 Å². The van der Waals surface area contributed by atoms with E-state index in [1.54, 1.807) is 36.0 Å². The van der Waals surface area contributed by atoms with Crippen LogP contribution in [-0.2, 0) is 4.79 Å². The van der Waals surface area contributed by atoms with Crippen molar-refractivity contribution >= 4 is 29.1 Å². The summed E-state index contributed by atoms with van der Waals surface area (Å²) in [5.74, 6) is 0.539. The molecule has 3 rings (SSSR count). The standard InChI is InChI=1S/C20H21NO3S/c1-14-11-12-21(18-5-3-4-6-19(18)25-14)20(23)13-24-17-9-7-16(8-10-17)15(2)22/h3-10,14H,11-13H2,1-2H3. The molecule has 25 heavy (non-hydrogen) atoms. The third-order valence-corrected chi connectivity index (χ3v) is 5.40. The number of rotatable bonds is 4. The molecule has 2 aromatic carbocycles. The number of fused-ring (bicyclic) bond motifs is 1. The van der Waals surface area contributed by atoms with Crippen LogP contribution in [0.25, 0.3) is 0 Å². The molecule has 0 aliphatic carbocycles. The fraction of sp³-hybridized carbons (Fsp3) is 0.300. The molecule has 1 amide bonds. The number of carbonyl (C=O) groups excluding carboxylic acids is 2. The summed E-state index contributed by atoms with van der Waals surface area (Å²) in [5, 5.41) is 0.471. The second kappa shape index (κ2) is 7.74. The summed E-state index contributed by atoms with van der Waals surface area (Å²) in [6, 6.07) is 14.9. The second-order valence-corrected chi connectivity index (χ2v) is 7.58. The Kier molecular flexibility index (Phi) is 5.43. The third kappa shape index (κ3) is 4.23. The van der Waals surface area contributed by atoms with E-state index in [4.69, 9.17) is 4.74 Å². The molecule has 0 saturated heterocycles. The number of benzene rings is 2. The summed E-state index contributed by atoms with van der Waals surface area (Å²) in [7, 11) is 0. The Labute approximate surface area is 152 Å². The molecule has 0 fully saturated rings. The zero-order valence-electron chi connectivity index (χ0n) is 14.4. The van der Waals surface area contributed by atoms with Gasteiger partial charge < -0.3 is 9.64 Å². The molecule has 1 atom stereocenters. The molecule has 0 saturated carbocycles. The minimum absolute atomic E-state index is 0.00965. The zero-order chi connectivity index (χ0) is 17.8. The van der Waals surface area contributed by atoms with Gasteiger partial charge in [-0.15, -0.1) is 11.8 Å². The molecule has 5 heteroatoms. The van der Waals surface area contributed by atoms with E-state index in [1.807, 2.05) is 23.1 Å². The van der Waals surface area contributed by atoms with Gasteiger partial charge in [-0.3, -0.25) is 9.59 Å². The Morgan fingerprint density at radius 1 is 1.16 bits per heavy atom. The average Bonchev–Trinajstić information content (AvgIpc) is 2.78. The highest BCUT2D eigenvalue weighted by Gasteiger charge is 2.24. The number of ether oxygens (including phenoxy) is 1. The van der Waals surface area contributed by atoms with Crippen LogP contribution in [0.5, 0.6) is 5.75 Å². The first kappa shape index (κ1) is 17.5. The summed E-state index contributed by atoms with van der Waals surface area (Å²) < 4.78 is 5.63. The maximum atomic E-state index is 12.7. The topological polar surface area (TPSA) is 46.6 Å². The SMILES string of the molecule is CC(=O)c1ccc(OCC(=O)N2CCC(C)Sc3ccccc32)cc1. The van der Waals surface area contributed by atoms with E-state index in [-0.39, 0.29) is 18.3 Å². The first-order valence-electron chi connectivity index (χ1n) is 8.34. The summed E-state index contributed by atoms with van der Waals surface area (Å²) in [6.45, 7) is 4.38. The highest BCUT2D eigenvalue weighted by Crippen LogP contribution is 2.37. The minimum atomic E-state index is -0.0576. The zero-order valence-corrected chi connectivity index (χ0v) is 15.2. The van der Waals surface area contributed by atoms with Crippen LogP contribution in [0.3, 0.4) is 0 Å². The summed E-state index contributed by atoms with van der Waals surface area (Å²) in [6.07, 6.45) is 0.943. The smallest absolute Gasteiger partial charge is 0.264 e. The van der Waals surface area contributed by atoms with Crippen LogP contribution in [-0.4, -0.2) is 30.1 Å². The van der Waals surface area contributed by atoms with Gasteiger partial charge in [0.1, 0.15) is 5.75 Å². The van der Waals surface area contributed by atoms with E-state index in [0.717, 1.165) is 17.0 Å². The van der Waals surface area contributed by atoms with Gasteiger partial charge in [0.2, 0.25) is 0 Å². The molecular formula is C20H21NO3S. The number of thioether (sulfide) groups is 1. The van der Waals surface area contributed by atoms with Crippen molar-refractivity contribution < 1.29 is 14.3 Å². The van der Waals surface area contributed by atoms with Crippen LogP contribution in [0.4, 0.5) is 5.69 Å². The minimum Gasteiger partial charge on any atom is -0.484 e. The molecule has 1 aliphatic heterocycles. The lowest BCUT2D eigenvalue weighted by Gasteiger charge is -2.22. The summed E-state index contributed by atoms with van der Waals surface area (Å²) in [4.78, 5) is 27.0. The van der Waals surface area contributed by atoms with Crippen molar-refractivity contribution in [1.82, 2.24) is 0 Å². The van der Waals surface area contributed by atoms with E-state index in [1.165, 1.54) is 6.92 Å². The molecule has 0 N–H and O–H groups in total. The second-order valence-electron chi connectivity index (χ2n) is 6.10. The van der Waals surface area contributed by atoms with Crippen molar-refractivity contribution in [2.45, 2.75) is 30.4 Å². The van der Waals surface area contributed by atoms with Crippen LogP contribution in [0.15, 0.2) is 53.4 Å². The van der Waals surface area contributed by atoms with Crippen LogP contribution < -0.4 is 9.64 Å². The van der Waals surface area contributed by atoms with E-state index in [9.17, 15) is 9.59 Å². The Morgan fingerprint density at radius 3 is 2.60 bits per heavy atom. The van der Waals surface area contributed by atoms with Crippen LogP contribution in [0.1, 0.15) is 30.6 Å². The third-order valence-electron chi connectivity index (χ3n) is 4.17. The van der Waals surface area contributed by atoms with Crippen molar-refractivity contribution in [3.63, 3.8) is 0 Å². The number of Topliss-reactive ketones (excluding diaryl/α,β-unsaturated/α-hetero) is 1.